The van der Waals surface area contributed by atoms with Crippen LogP contribution in [0.2, 0.25) is 0 Å². The highest BCUT2D eigenvalue weighted by Gasteiger charge is 2.50. The van der Waals surface area contributed by atoms with Crippen molar-refractivity contribution < 1.29 is 21.6 Å². The number of nitrogens with one attached hydrogen (secondary N) is 2. The topological polar surface area (TPSA) is 73.8 Å². The number of hydrogen-bond acceptors (Lipinski definition) is 3. The molecule has 10 heteroatoms. The van der Waals surface area contributed by atoms with E-state index in [4.69, 9.17) is 0 Å². The summed E-state index contributed by atoms with van der Waals surface area (Å²) in [6.45, 7) is 0.444. The fraction of sp³-hybridized carbons (Fsp3) is 0.800. The van der Waals surface area contributed by atoms with Gasteiger partial charge in [-0.1, -0.05) is 11.6 Å². The lowest BCUT2D eigenvalue weighted by Gasteiger charge is -2.32. The van der Waals surface area contributed by atoms with E-state index in [9.17, 15) is 21.6 Å². The summed E-state index contributed by atoms with van der Waals surface area (Å²) < 4.78 is 61.0. The molecule has 0 amide bonds. The first-order valence-electron chi connectivity index (χ1n) is 8.45. The molecule has 0 bridgehead atoms. The molecule has 1 aliphatic carbocycles. The molecule has 0 unspecified atom stereocenters. The van der Waals surface area contributed by atoms with Gasteiger partial charge in [-0.05, 0) is 38.5 Å². The maximum atomic E-state index is 12.6. The van der Waals surface area contributed by atoms with Crippen molar-refractivity contribution >= 4 is 16.0 Å². The largest absolute Gasteiger partial charge is 0.511 e. The molecule has 25 heavy (non-hydrogen) atoms. The molecule has 0 aromatic carbocycles. The smallest absolute Gasteiger partial charge is 0.356 e. The number of aliphatic imine (C=N–C) groups is 1. The van der Waals surface area contributed by atoms with Crippen LogP contribution >= 0.6 is 0 Å². The predicted molar refractivity (Wildman–Crippen MR) is 90.6 cm³/mol. The van der Waals surface area contributed by atoms with E-state index < -0.39 is 15.5 Å². The van der Waals surface area contributed by atoms with Gasteiger partial charge in [-0.15, -0.1) is 0 Å². The Morgan fingerprint density at radius 1 is 1.36 bits per heavy atom. The van der Waals surface area contributed by atoms with Gasteiger partial charge in [0.2, 0.25) is 0 Å². The maximum Gasteiger partial charge on any atom is 0.511 e. The third-order valence-electron chi connectivity index (χ3n) is 4.52. The van der Waals surface area contributed by atoms with Gasteiger partial charge in [-0.25, -0.2) is 8.42 Å². The summed E-state index contributed by atoms with van der Waals surface area (Å²) in [6.07, 6.45) is 7.31. The molecule has 2 aliphatic rings. The van der Waals surface area contributed by atoms with Gasteiger partial charge in [0, 0.05) is 32.7 Å². The normalized spacial score (nSPS) is 21.3. The zero-order chi connectivity index (χ0) is 18.5. The number of hydrogen-bond donors (Lipinski definition) is 2. The van der Waals surface area contributed by atoms with Gasteiger partial charge >= 0.3 is 15.5 Å². The number of rotatable bonds is 5. The van der Waals surface area contributed by atoms with Crippen LogP contribution in [0.25, 0.3) is 0 Å². The number of nitrogens with zero attached hydrogens (tertiary/aromatic N) is 2. The summed E-state index contributed by atoms with van der Waals surface area (Å²) in [5.41, 5.74) is -3.80. The third kappa shape index (κ3) is 5.34. The van der Waals surface area contributed by atoms with Crippen LogP contribution in [0.3, 0.4) is 0 Å². The van der Waals surface area contributed by atoms with Crippen molar-refractivity contribution in [1.82, 2.24) is 14.9 Å². The molecule has 1 aliphatic heterocycles. The highest BCUT2D eigenvalue weighted by Crippen LogP contribution is 2.28. The van der Waals surface area contributed by atoms with Gasteiger partial charge in [-0.3, -0.25) is 4.99 Å². The molecule has 1 saturated heterocycles. The molecule has 0 saturated carbocycles. The van der Waals surface area contributed by atoms with Gasteiger partial charge in [0.25, 0.3) is 0 Å². The average Bonchev–Trinajstić information content (AvgIpc) is 3.06. The molecular weight excluding hydrogens is 357 g/mol. The number of guanidine groups is 1. The van der Waals surface area contributed by atoms with Crippen LogP contribution in [0.4, 0.5) is 13.2 Å². The van der Waals surface area contributed by atoms with Gasteiger partial charge in [0.15, 0.2) is 5.96 Å². The minimum Gasteiger partial charge on any atom is -0.356 e. The molecule has 144 valence electrons. The second kappa shape index (κ2) is 8.39. The van der Waals surface area contributed by atoms with Crippen molar-refractivity contribution in [3.8, 4) is 0 Å². The Balaban J connectivity index is 1.76. The van der Waals surface area contributed by atoms with E-state index in [1.165, 1.54) is 12.0 Å². The Bertz CT molecular complexity index is 609. The highest BCUT2D eigenvalue weighted by atomic mass is 32.2. The zero-order valence-electron chi connectivity index (χ0n) is 14.3. The minimum atomic E-state index is -5.24. The Morgan fingerprint density at radius 2 is 2.04 bits per heavy atom. The Morgan fingerprint density at radius 3 is 2.56 bits per heavy atom. The second-order valence-corrected chi connectivity index (χ2v) is 8.20. The predicted octanol–water partition coefficient (Wildman–Crippen LogP) is 1.97. The molecule has 0 aromatic heterocycles. The second-order valence-electron chi connectivity index (χ2n) is 6.27. The number of sulfonamides is 1. The first-order chi connectivity index (χ1) is 11.7. The Labute approximate surface area is 146 Å². The van der Waals surface area contributed by atoms with Crippen molar-refractivity contribution in [3.63, 3.8) is 0 Å². The summed E-state index contributed by atoms with van der Waals surface area (Å²) in [5, 5.41) is 6.35. The number of piperidine rings is 1. The molecule has 1 fully saturated rings. The van der Waals surface area contributed by atoms with E-state index >= 15 is 0 Å². The van der Waals surface area contributed by atoms with Crippen LogP contribution in [0.5, 0.6) is 0 Å². The quantitative estimate of drug-likeness (QED) is 0.433. The maximum absolute atomic E-state index is 12.6. The van der Waals surface area contributed by atoms with Gasteiger partial charge in [0.1, 0.15) is 0 Å². The SMILES string of the molecule is CN=C(NCCC1=CCCC1)NC1CCN(S(=O)(=O)C(F)(F)F)CC1. The molecule has 2 rings (SSSR count). The average molecular weight is 382 g/mol. The van der Waals surface area contributed by atoms with Crippen LogP contribution in [0, 0.1) is 0 Å². The molecule has 0 radical (unpaired) electrons. The summed E-state index contributed by atoms with van der Waals surface area (Å²) >= 11 is 0. The summed E-state index contributed by atoms with van der Waals surface area (Å²) in [4.78, 5) is 4.12. The number of allylic oxidation sites excluding steroid dienone is 1. The Hall–Kier alpha value is -1.29. The van der Waals surface area contributed by atoms with Crippen molar-refractivity contribution in [2.75, 3.05) is 26.7 Å². The number of alkyl halides is 3. The van der Waals surface area contributed by atoms with E-state index in [0.717, 1.165) is 25.8 Å². The zero-order valence-corrected chi connectivity index (χ0v) is 15.1. The van der Waals surface area contributed by atoms with Crippen molar-refractivity contribution in [2.24, 2.45) is 4.99 Å². The van der Waals surface area contributed by atoms with E-state index in [1.807, 2.05) is 0 Å². The van der Waals surface area contributed by atoms with Crippen molar-refractivity contribution in [2.45, 2.75) is 50.1 Å². The van der Waals surface area contributed by atoms with Gasteiger partial charge < -0.3 is 10.6 Å². The lowest BCUT2D eigenvalue weighted by Crippen LogP contribution is -2.51. The molecule has 1 heterocycles. The Kier molecular flexibility index (Phi) is 6.72. The van der Waals surface area contributed by atoms with Crippen LogP contribution in [0.1, 0.15) is 38.5 Å². The summed E-state index contributed by atoms with van der Waals surface area (Å²) in [7, 11) is -3.59. The number of halogens is 3. The van der Waals surface area contributed by atoms with E-state index in [0.29, 0.717) is 23.1 Å². The van der Waals surface area contributed by atoms with Crippen LogP contribution in [-0.4, -0.2) is 56.9 Å². The third-order valence-corrected chi connectivity index (χ3v) is 6.15. The van der Waals surface area contributed by atoms with Crippen LogP contribution in [0.15, 0.2) is 16.6 Å². The summed E-state index contributed by atoms with van der Waals surface area (Å²) in [5.74, 6) is 0.593. The fourth-order valence-corrected chi connectivity index (χ4v) is 4.07. The van der Waals surface area contributed by atoms with E-state index in [1.54, 1.807) is 7.05 Å². The minimum absolute atomic E-state index is 0.100. The monoisotopic (exact) mass is 382 g/mol. The first kappa shape index (κ1) is 20.0. The molecule has 0 spiro atoms. The first-order valence-corrected chi connectivity index (χ1v) is 9.89. The van der Waals surface area contributed by atoms with E-state index in [2.05, 4.69) is 21.7 Å². The molecule has 0 atom stereocenters. The molecular formula is C15H25F3N4O2S. The van der Waals surface area contributed by atoms with E-state index in [-0.39, 0.29) is 19.1 Å². The fourth-order valence-electron chi connectivity index (χ4n) is 3.08. The highest BCUT2D eigenvalue weighted by molar-refractivity contribution is 7.90. The standard InChI is InChI=1S/C15H25F3N4O2S/c1-19-14(20-9-6-12-4-2-3-5-12)21-13-7-10-22(11-8-13)25(23,24)15(16,17)18/h4,13H,2-3,5-11H2,1H3,(H2,19,20,21). The van der Waals surface area contributed by atoms with Crippen LogP contribution < -0.4 is 10.6 Å². The summed E-state index contributed by atoms with van der Waals surface area (Å²) in [6, 6.07) is -0.100. The van der Waals surface area contributed by atoms with Crippen molar-refractivity contribution in [3.05, 3.63) is 11.6 Å². The lowest BCUT2D eigenvalue weighted by atomic mass is 10.1. The molecule has 6 nitrogen and oxygen atoms in total. The van der Waals surface area contributed by atoms with Gasteiger partial charge in [0.05, 0.1) is 0 Å². The van der Waals surface area contributed by atoms with Crippen LogP contribution in [-0.2, 0) is 10.0 Å². The molecule has 2 N–H and O–H groups in total. The van der Waals surface area contributed by atoms with Gasteiger partial charge in [-0.2, -0.15) is 17.5 Å². The molecule has 0 aromatic rings. The van der Waals surface area contributed by atoms with Crippen molar-refractivity contribution in [1.29, 1.82) is 0 Å². The lowest BCUT2D eigenvalue weighted by molar-refractivity contribution is -0.0494.